The molecule has 0 aliphatic rings. The van der Waals surface area contributed by atoms with Crippen molar-refractivity contribution in [3.05, 3.63) is 12.7 Å². The van der Waals surface area contributed by atoms with Gasteiger partial charge in [-0.3, -0.25) is 0 Å². The lowest BCUT2D eigenvalue weighted by Crippen LogP contribution is -2.14. The highest BCUT2D eigenvalue weighted by molar-refractivity contribution is 4.80. The highest BCUT2D eigenvalue weighted by Gasteiger charge is 1.89. The van der Waals surface area contributed by atoms with E-state index >= 15 is 0 Å². The number of hydrogen-bond donors (Lipinski definition) is 1. The summed E-state index contributed by atoms with van der Waals surface area (Å²) in [6, 6.07) is 0.213. The molecule has 0 spiro atoms. The predicted molar refractivity (Wildman–Crippen MR) is 33.1 cm³/mol. The van der Waals surface area contributed by atoms with Gasteiger partial charge in [-0.1, -0.05) is 19.4 Å². The molecule has 0 aromatic heterocycles. The summed E-state index contributed by atoms with van der Waals surface area (Å²) in [4.78, 5) is 0. The van der Waals surface area contributed by atoms with E-state index in [1.165, 1.54) is 0 Å². The Kier molecular flexibility index (Phi) is 3.71. The molecule has 7 heavy (non-hydrogen) atoms. The fraction of sp³-hybridized carbons (Fsp3) is 0.667. The molecule has 0 rings (SSSR count). The number of hydrogen-bond acceptors (Lipinski definition) is 1. The molecule has 0 amide bonds. The SMILES string of the molecule is C=C[C@H](N)CCC. The third kappa shape index (κ3) is 3.53. The second kappa shape index (κ2) is 3.88. The first-order valence-corrected chi connectivity index (χ1v) is 2.69. The van der Waals surface area contributed by atoms with Crippen LogP contribution in [0.1, 0.15) is 19.8 Å². The van der Waals surface area contributed by atoms with Gasteiger partial charge in [0.2, 0.25) is 0 Å². The second-order valence-electron chi connectivity index (χ2n) is 1.69. The van der Waals surface area contributed by atoms with Gasteiger partial charge in [-0.05, 0) is 6.42 Å². The van der Waals surface area contributed by atoms with Crippen LogP contribution < -0.4 is 5.73 Å². The summed E-state index contributed by atoms with van der Waals surface area (Å²) in [6.07, 6.45) is 3.99. The van der Waals surface area contributed by atoms with Crippen molar-refractivity contribution in [2.24, 2.45) is 5.73 Å². The van der Waals surface area contributed by atoms with E-state index in [9.17, 15) is 0 Å². The first kappa shape index (κ1) is 6.70. The molecule has 0 bridgehead atoms. The molecule has 0 saturated heterocycles. The van der Waals surface area contributed by atoms with Gasteiger partial charge in [-0.2, -0.15) is 0 Å². The molecule has 0 heterocycles. The van der Waals surface area contributed by atoms with Crippen molar-refractivity contribution in [1.29, 1.82) is 0 Å². The molecule has 0 aromatic rings. The predicted octanol–water partition coefficient (Wildman–Crippen LogP) is 1.30. The van der Waals surface area contributed by atoms with Gasteiger partial charge in [0.05, 0.1) is 0 Å². The molecular formula is C6H13N. The Labute approximate surface area is 45.2 Å². The maximum Gasteiger partial charge on any atom is 0.0220 e. The molecule has 2 N–H and O–H groups in total. The number of nitrogens with two attached hydrogens (primary N) is 1. The fourth-order valence-electron chi connectivity index (χ4n) is 0.451. The van der Waals surface area contributed by atoms with Crippen LogP contribution in [-0.2, 0) is 0 Å². The van der Waals surface area contributed by atoms with Crippen LogP contribution in [0.4, 0.5) is 0 Å². The fourth-order valence-corrected chi connectivity index (χ4v) is 0.451. The Bertz CT molecular complexity index is 50.1. The molecule has 0 aliphatic heterocycles. The van der Waals surface area contributed by atoms with Crippen molar-refractivity contribution in [3.8, 4) is 0 Å². The molecule has 1 nitrogen and oxygen atoms in total. The summed E-state index contributed by atoms with van der Waals surface area (Å²) in [5.74, 6) is 0. The first-order chi connectivity index (χ1) is 3.31. The van der Waals surface area contributed by atoms with E-state index in [0.717, 1.165) is 12.8 Å². The van der Waals surface area contributed by atoms with Crippen LogP contribution in [-0.4, -0.2) is 6.04 Å². The second-order valence-corrected chi connectivity index (χ2v) is 1.69. The molecule has 1 atom stereocenters. The Morgan fingerprint density at radius 1 is 1.86 bits per heavy atom. The molecular weight excluding hydrogens is 86.1 g/mol. The van der Waals surface area contributed by atoms with Crippen LogP contribution in [0.2, 0.25) is 0 Å². The lowest BCUT2D eigenvalue weighted by molar-refractivity contribution is 0.705. The minimum absolute atomic E-state index is 0.213. The topological polar surface area (TPSA) is 26.0 Å². The average molecular weight is 99.2 g/mol. The zero-order valence-electron chi connectivity index (χ0n) is 4.85. The van der Waals surface area contributed by atoms with Crippen molar-refractivity contribution >= 4 is 0 Å². The van der Waals surface area contributed by atoms with Crippen molar-refractivity contribution < 1.29 is 0 Å². The van der Waals surface area contributed by atoms with Gasteiger partial charge in [0, 0.05) is 6.04 Å². The van der Waals surface area contributed by atoms with Gasteiger partial charge >= 0.3 is 0 Å². The molecule has 0 unspecified atom stereocenters. The molecule has 0 radical (unpaired) electrons. The highest BCUT2D eigenvalue weighted by atomic mass is 14.6. The summed E-state index contributed by atoms with van der Waals surface area (Å²) in [6.45, 7) is 5.67. The minimum Gasteiger partial charge on any atom is -0.324 e. The normalized spacial score (nSPS) is 13.4. The quantitative estimate of drug-likeness (QED) is 0.530. The van der Waals surface area contributed by atoms with E-state index in [1.54, 1.807) is 6.08 Å². The van der Waals surface area contributed by atoms with E-state index in [2.05, 4.69) is 13.5 Å². The van der Waals surface area contributed by atoms with E-state index < -0.39 is 0 Å². The van der Waals surface area contributed by atoms with Gasteiger partial charge in [-0.15, -0.1) is 6.58 Å². The lowest BCUT2D eigenvalue weighted by atomic mass is 10.2. The first-order valence-electron chi connectivity index (χ1n) is 2.69. The van der Waals surface area contributed by atoms with Crippen LogP contribution in [0.15, 0.2) is 12.7 Å². The smallest absolute Gasteiger partial charge is 0.0220 e. The van der Waals surface area contributed by atoms with Gasteiger partial charge in [-0.25, -0.2) is 0 Å². The average Bonchev–Trinajstić information content (AvgIpc) is 1.68. The zero-order chi connectivity index (χ0) is 5.70. The third-order valence-corrected chi connectivity index (χ3v) is 0.925. The summed E-state index contributed by atoms with van der Waals surface area (Å²) in [7, 11) is 0. The molecule has 0 saturated carbocycles. The van der Waals surface area contributed by atoms with Crippen LogP contribution in [0.25, 0.3) is 0 Å². The highest BCUT2D eigenvalue weighted by Crippen LogP contribution is 1.91. The molecule has 0 fully saturated rings. The summed E-state index contributed by atoms with van der Waals surface area (Å²) < 4.78 is 0. The van der Waals surface area contributed by atoms with Crippen LogP contribution >= 0.6 is 0 Å². The monoisotopic (exact) mass is 99.1 g/mol. The van der Waals surface area contributed by atoms with Gasteiger partial charge in [0.25, 0.3) is 0 Å². The van der Waals surface area contributed by atoms with Crippen molar-refractivity contribution in [1.82, 2.24) is 0 Å². The van der Waals surface area contributed by atoms with Crippen molar-refractivity contribution in [2.75, 3.05) is 0 Å². The Morgan fingerprint density at radius 3 is 2.57 bits per heavy atom. The van der Waals surface area contributed by atoms with Crippen LogP contribution in [0.5, 0.6) is 0 Å². The van der Waals surface area contributed by atoms with E-state index in [-0.39, 0.29) is 6.04 Å². The standard InChI is InChI=1S/C6H13N/c1-3-5-6(7)4-2/h4,6H,2-3,5,7H2,1H3/t6-/m0/s1. The Morgan fingerprint density at radius 2 is 2.43 bits per heavy atom. The molecule has 0 aliphatic carbocycles. The maximum atomic E-state index is 5.47. The summed E-state index contributed by atoms with van der Waals surface area (Å²) in [5, 5.41) is 0. The number of rotatable bonds is 3. The van der Waals surface area contributed by atoms with Crippen molar-refractivity contribution in [2.45, 2.75) is 25.8 Å². The van der Waals surface area contributed by atoms with Gasteiger partial charge in [0.15, 0.2) is 0 Å². The lowest BCUT2D eigenvalue weighted by Gasteiger charge is -1.99. The summed E-state index contributed by atoms with van der Waals surface area (Å²) in [5.41, 5.74) is 5.47. The third-order valence-electron chi connectivity index (χ3n) is 0.925. The van der Waals surface area contributed by atoms with Gasteiger partial charge in [0.1, 0.15) is 0 Å². The molecule has 42 valence electrons. The van der Waals surface area contributed by atoms with E-state index in [4.69, 9.17) is 5.73 Å². The zero-order valence-corrected chi connectivity index (χ0v) is 4.85. The molecule has 1 heteroatoms. The van der Waals surface area contributed by atoms with Gasteiger partial charge < -0.3 is 5.73 Å². The summed E-state index contributed by atoms with van der Waals surface area (Å²) >= 11 is 0. The Hall–Kier alpha value is -0.300. The van der Waals surface area contributed by atoms with Crippen LogP contribution in [0, 0.1) is 0 Å². The van der Waals surface area contributed by atoms with Crippen LogP contribution in [0.3, 0.4) is 0 Å². The van der Waals surface area contributed by atoms with Crippen molar-refractivity contribution in [3.63, 3.8) is 0 Å². The molecule has 0 aromatic carbocycles. The minimum atomic E-state index is 0.213. The largest absolute Gasteiger partial charge is 0.324 e. The van der Waals surface area contributed by atoms with E-state index in [1.807, 2.05) is 0 Å². The van der Waals surface area contributed by atoms with E-state index in [0.29, 0.717) is 0 Å². The maximum absolute atomic E-state index is 5.47. The Balaban J connectivity index is 2.98.